The lowest BCUT2D eigenvalue weighted by atomic mass is 10.2. The molecule has 0 spiro atoms. The number of halogens is 1. The molecule has 0 bridgehead atoms. The Bertz CT molecular complexity index is 707. The molecule has 3 rings (SSSR count). The van der Waals surface area contributed by atoms with Crippen LogP contribution in [0.4, 0.5) is 5.69 Å². The van der Waals surface area contributed by atoms with Gasteiger partial charge in [-0.1, -0.05) is 28.1 Å². The van der Waals surface area contributed by atoms with Gasteiger partial charge in [0.05, 0.1) is 0 Å². The Hall–Kier alpha value is -2.14. The molecule has 118 valence electrons. The van der Waals surface area contributed by atoms with Crippen molar-refractivity contribution in [2.24, 2.45) is 5.92 Å². The average Bonchev–Trinajstić information content (AvgIpc) is 3.39. The van der Waals surface area contributed by atoms with Crippen LogP contribution in [0, 0.1) is 5.92 Å². The summed E-state index contributed by atoms with van der Waals surface area (Å²) in [6.07, 6.45) is 1.98. The summed E-state index contributed by atoms with van der Waals surface area (Å²) in [5, 5.41) is 5.78. The first kappa shape index (κ1) is 15.7. The molecule has 2 N–H and O–H groups in total. The molecule has 1 fully saturated rings. The molecular weight excluding hydrogens is 356 g/mol. The van der Waals surface area contributed by atoms with Crippen LogP contribution in [0.2, 0.25) is 0 Å². The molecule has 0 radical (unpaired) electrons. The fourth-order valence-electron chi connectivity index (χ4n) is 2.18. The number of benzene rings is 2. The molecule has 1 aliphatic rings. The van der Waals surface area contributed by atoms with E-state index in [1.165, 1.54) is 0 Å². The molecule has 0 aromatic heterocycles. The number of carbonyl (C=O) groups excluding carboxylic acids is 2. The smallest absolute Gasteiger partial charge is 0.251 e. The Kier molecular flexibility index (Phi) is 4.76. The fraction of sp³-hybridized carbons (Fsp3) is 0.222. The highest BCUT2D eigenvalue weighted by Gasteiger charge is 2.29. The van der Waals surface area contributed by atoms with Gasteiger partial charge in [0, 0.05) is 28.2 Å². The molecule has 2 aromatic rings. The van der Waals surface area contributed by atoms with Crippen LogP contribution in [0.3, 0.4) is 0 Å². The zero-order valence-electron chi connectivity index (χ0n) is 12.5. The highest BCUT2D eigenvalue weighted by molar-refractivity contribution is 9.10. The number of rotatable bonds is 5. The summed E-state index contributed by atoms with van der Waals surface area (Å²) in [6.45, 7) is 0.450. The number of amides is 2. The highest BCUT2D eigenvalue weighted by atomic mass is 79.9. The van der Waals surface area contributed by atoms with Crippen LogP contribution in [0.1, 0.15) is 28.8 Å². The monoisotopic (exact) mass is 372 g/mol. The summed E-state index contributed by atoms with van der Waals surface area (Å²) in [4.78, 5) is 23.7. The third kappa shape index (κ3) is 4.42. The maximum atomic E-state index is 12.0. The topological polar surface area (TPSA) is 58.2 Å². The third-order valence-electron chi connectivity index (χ3n) is 3.73. The molecule has 2 amide bonds. The second-order valence-corrected chi connectivity index (χ2v) is 6.57. The van der Waals surface area contributed by atoms with E-state index in [0.29, 0.717) is 12.1 Å². The summed E-state index contributed by atoms with van der Waals surface area (Å²) in [7, 11) is 0. The molecule has 5 heteroatoms. The molecule has 1 saturated carbocycles. The van der Waals surface area contributed by atoms with E-state index in [9.17, 15) is 9.59 Å². The SMILES string of the molecule is O=C(NCc1ccc(NC(=O)C2CC2)cc1)c1ccc(Br)cc1. The predicted molar refractivity (Wildman–Crippen MR) is 93.1 cm³/mol. The molecule has 0 atom stereocenters. The van der Waals surface area contributed by atoms with Crippen molar-refractivity contribution in [3.63, 3.8) is 0 Å². The Morgan fingerprint density at radius 2 is 1.65 bits per heavy atom. The minimum absolute atomic E-state index is 0.0984. The molecule has 0 unspecified atom stereocenters. The van der Waals surface area contributed by atoms with Crippen molar-refractivity contribution in [1.29, 1.82) is 0 Å². The van der Waals surface area contributed by atoms with Gasteiger partial charge in [-0.05, 0) is 54.8 Å². The Morgan fingerprint density at radius 3 is 2.26 bits per heavy atom. The van der Waals surface area contributed by atoms with Gasteiger partial charge in [0.1, 0.15) is 0 Å². The minimum atomic E-state index is -0.108. The van der Waals surface area contributed by atoms with Gasteiger partial charge >= 0.3 is 0 Å². The van der Waals surface area contributed by atoms with Gasteiger partial charge in [-0.3, -0.25) is 9.59 Å². The van der Waals surface area contributed by atoms with Crippen LogP contribution < -0.4 is 10.6 Å². The predicted octanol–water partition coefficient (Wildman–Crippen LogP) is 3.73. The molecule has 1 aliphatic carbocycles. The molecule has 2 aromatic carbocycles. The normalized spacial score (nSPS) is 13.4. The van der Waals surface area contributed by atoms with E-state index in [4.69, 9.17) is 0 Å². The summed E-state index contributed by atoms with van der Waals surface area (Å²) in [5.74, 6) is 0.185. The fourth-order valence-corrected chi connectivity index (χ4v) is 2.45. The Labute approximate surface area is 143 Å². The molecule has 4 nitrogen and oxygen atoms in total. The van der Waals surface area contributed by atoms with Crippen LogP contribution in [0.25, 0.3) is 0 Å². The maximum absolute atomic E-state index is 12.0. The standard InChI is InChI=1S/C18H17BrN2O2/c19-15-7-5-13(6-8-15)17(22)20-11-12-1-9-16(10-2-12)21-18(23)14-3-4-14/h1-2,5-10,14H,3-4,11H2,(H,20,22)(H,21,23). The van der Waals surface area contributed by atoms with Crippen LogP contribution in [0.5, 0.6) is 0 Å². The molecule has 23 heavy (non-hydrogen) atoms. The first-order valence-electron chi connectivity index (χ1n) is 7.55. The number of carbonyl (C=O) groups is 2. The summed E-state index contributed by atoms with van der Waals surface area (Å²) >= 11 is 3.35. The maximum Gasteiger partial charge on any atom is 0.251 e. The van der Waals surface area contributed by atoms with E-state index in [0.717, 1.165) is 28.6 Å². The van der Waals surface area contributed by atoms with E-state index in [1.807, 2.05) is 36.4 Å². The molecule has 0 aliphatic heterocycles. The van der Waals surface area contributed by atoms with Gasteiger partial charge in [-0.2, -0.15) is 0 Å². The van der Waals surface area contributed by atoms with Gasteiger partial charge < -0.3 is 10.6 Å². The summed E-state index contributed by atoms with van der Waals surface area (Å²) in [6, 6.07) is 14.8. The largest absolute Gasteiger partial charge is 0.348 e. The van der Waals surface area contributed by atoms with E-state index in [-0.39, 0.29) is 17.7 Å². The average molecular weight is 373 g/mol. The van der Waals surface area contributed by atoms with E-state index >= 15 is 0 Å². The van der Waals surface area contributed by atoms with Crippen LogP contribution in [-0.2, 0) is 11.3 Å². The van der Waals surface area contributed by atoms with Crippen molar-refractivity contribution >= 4 is 33.4 Å². The third-order valence-corrected chi connectivity index (χ3v) is 4.26. The number of anilines is 1. The van der Waals surface area contributed by atoms with Crippen LogP contribution in [-0.4, -0.2) is 11.8 Å². The van der Waals surface area contributed by atoms with Gasteiger partial charge in [-0.15, -0.1) is 0 Å². The summed E-state index contributed by atoms with van der Waals surface area (Å²) in [5.41, 5.74) is 2.41. The Balaban J connectivity index is 1.52. The second kappa shape index (κ2) is 6.96. The number of nitrogens with one attached hydrogen (secondary N) is 2. The lowest BCUT2D eigenvalue weighted by molar-refractivity contribution is -0.117. The van der Waals surface area contributed by atoms with Gasteiger partial charge in [0.15, 0.2) is 0 Å². The number of hydrogen-bond donors (Lipinski definition) is 2. The van der Waals surface area contributed by atoms with Crippen molar-refractivity contribution in [2.75, 3.05) is 5.32 Å². The summed E-state index contributed by atoms with van der Waals surface area (Å²) < 4.78 is 0.942. The van der Waals surface area contributed by atoms with E-state index < -0.39 is 0 Å². The lowest BCUT2D eigenvalue weighted by Crippen LogP contribution is -2.22. The first-order chi connectivity index (χ1) is 11.1. The van der Waals surface area contributed by atoms with Crippen LogP contribution >= 0.6 is 15.9 Å². The van der Waals surface area contributed by atoms with Gasteiger partial charge in [0.2, 0.25) is 5.91 Å². The van der Waals surface area contributed by atoms with E-state index in [2.05, 4.69) is 26.6 Å². The zero-order valence-corrected chi connectivity index (χ0v) is 14.1. The quantitative estimate of drug-likeness (QED) is 0.839. The highest BCUT2D eigenvalue weighted by Crippen LogP contribution is 2.30. The Morgan fingerprint density at radius 1 is 1.00 bits per heavy atom. The van der Waals surface area contributed by atoms with Crippen molar-refractivity contribution in [2.45, 2.75) is 19.4 Å². The molecule has 0 heterocycles. The van der Waals surface area contributed by atoms with Crippen molar-refractivity contribution in [3.8, 4) is 0 Å². The minimum Gasteiger partial charge on any atom is -0.348 e. The first-order valence-corrected chi connectivity index (χ1v) is 8.35. The lowest BCUT2D eigenvalue weighted by Gasteiger charge is -2.08. The van der Waals surface area contributed by atoms with Crippen LogP contribution in [0.15, 0.2) is 53.0 Å². The second-order valence-electron chi connectivity index (χ2n) is 5.65. The number of hydrogen-bond acceptors (Lipinski definition) is 2. The van der Waals surface area contributed by atoms with E-state index in [1.54, 1.807) is 12.1 Å². The molecular formula is C18H17BrN2O2. The van der Waals surface area contributed by atoms with Crippen molar-refractivity contribution < 1.29 is 9.59 Å². The van der Waals surface area contributed by atoms with Gasteiger partial charge in [-0.25, -0.2) is 0 Å². The van der Waals surface area contributed by atoms with Crippen molar-refractivity contribution in [3.05, 3.63) is 64.1 Å². The van der Waals surface area contributed by atoms with Crippen molar-refractivity contribution in [1.82, 2.24) is 5.32 Å². The molecule has 0 saturated heterocycles. The van der Waals surface area contributed by atoms with Gasteiger partial charge in [0.25, 0.3) is 5.91 Å². The zero-order chi connectivity index (χ0) is 16.2.